The maximum atomic E-state index is 11.4. The molecule has 108 valence electrons. The number of benzene rings is 1. The van der Waals surface area contributed by atoms with Gasteiger partial charge in [-0.05, 0) is 32.4 Å². The molecule has 1 unspecified atom stereocenters. The number of para-hydroxylation sites is 2. The van der Waals surface area contributed by atoms with Gasteiger partial charge in [0, 0.05) is 13.0 Å². The number of rotatable bonds is 6. The Kier molecular flexibility index (Phi) is 5.01. The number of halogens is 1. The number of ether oxygens (including phenoxy) is 1. The second-order valence-corrected chi connectivity index (χ2v) is 5.29. The molecule has 0 fully saturated rings. The van der Waals surface area contributed by atoms with E-state index in [1.165, 1.54) is 0 Å². The summed E-state index contributed by atoms with van der Waals surface area (Å²) in [6.07, 6.45) is 1.13. The minimum absolute atomic E-state index is 0.155. The molecule has 4 nitrogen and oxygen atoms in total. The Hall–Kier alpha value is -1.55. The zero-order valence-corrected chi connectivity index (χ0v) is 12.6. The number of aryl methyl sites for hydroxylation is 1. The van der Waals surface area contributed by atoms with E-state index in [4.69, 9.17) is 16.3 Å². The van der Waals surface area contributed by atoms with Crippen LogP contribution in [0.1, 0.15) is 37.9 Å². The van der Waals surface area contributed by atoms with Crippen molar-refractivity contribution in [2.45, 2.75) is 38.6 Å². The zero-order chi connectivity index (χ0) is 14.5. The van der Waals surface area contributed by atoms with E-state index >= 15 is 0 Å². The minimum atomic E-state index is -0.162. The monoisotopic (exact) mass is 294 g/mol. The van der Waals surface area contributed by atoms with Crippen LogP contribution >= 0.6 is 11.6 Å². The second-order valence-electron chi connectivity index (χ2n) is 4.63. The molecule has 1 atom stereocenters. The molecular formula is C15H19ClN2O2. The molecule has 2 aromatic rings. The highest BCUT2D eigenvalue weighted by Gasteiger charge is 2.14. The SMILES string of the molecule is CCOC(=O)CCCn1c(C(C)Cl)nc2ccccc21. The molecular weight excluding hydrogens is 276 g/mol. The van der Waals surface area contributed by atoms with Crippen LogP contribution in [0.3, 0.4) is 0 Å². The Morgan fingerprint density at radius 1 is 1.45 bits per heavy atom. The lowest BCUT2D eigenvalue weighted by atomic mass is 10.3. The third kappa shape index (κ3) is 3.31. The average molecular weight is 295 g/mol. The van der Waals surface area contributed by atoms with Crippen molar-refractivity contribution >= 4 is 28.6 Å². The molecule has 2 rings (SSSR count). The molecule has 0 spiro atoms. The molecule has 5 heteroatoms. The number of esters is 1. The number of imidazole rings is 1. The van der Waals surface area contributed by atoms with E-state index < -0.39 is 0 Å². The van der Waals surface area contributed by atoms with Gasteiger partial charge in [0.15, 0.2) is 0 Å². The Labute approximate surface area is 123 Å². The molecule has 0 aliphatic rings. The summed E-state index contributed by atoms with van der Waals surface area (Å²) in [4.78, 5) is 15.9. The first-order valence-corrected chi connectivity index (χ1v) is 7.32. The van der Waals surface area contributed by atoms with Crippen LogP contribution < -0.4 is 0 Å². The molecule has 0 saturated carbocycles. The van der Waals surface area contributed by atoms with Gasteiger partial charge in [0.1, 0.15) is 5.82 Å². The highest BCUT2D eigenvalue weighted by molar-refractivity contribution is 6.20. The molecule has 0 aliphatic heterocycles. The fourth-order valence-electron chi connectivity index (χ4n) is 2.25. The van der Waals surface area contributed by atoms with Crippen molar-refractivity contribution in [2.75, 3.05) is 6.61 Å². The number of nitrogens with zero attached hydrogens (tertiary/aromatic N) is 2. The van der Waals surface area contributed by atoms with Gasteiger partial charge in [-0.2, -0.15) is 0 Å². The number of fused-ring (bicyclic) bond motifs is 1. The van der Waals surface area contributed by atoms with Crippen LogP contribution in [0.5, 0.6) is 0 Å². The summed E-state index contributed by atoms with van der Waals surface area (Å²) < 4.78 is 7.03. The molecule has 1 aromatic carbocycles. The summed E-state index contributed by atoms with van der Waals surface area (Å²) >= 11 is 6.20. The Bertz CT molecular complexity index is 593. The number of carbonyl (C=O) groups is 1. The van der Waals surface area contributed by atoms with E-state index in [2.05, 4.69) is 9.55 Å². The first-order valence-electron chi connectivity index (χ1n) is 6.88. The smallest absolute Gasteiger partial charge is 0.305 e. The van der Waals surface area contributed by atoms with Crippen molar-refractivity contribution < 1.29 is 9.53 Å². The van der Waals surface area contributed by atoms with Crippen LogP contribution in [-0.4, -0.2) is 22.1 Å². The molecule has 0 saturated heterocycles. The molecule has 20 heavy (non-hydrogen) atoms. The highest BCUT2D eigenvalue weighted by Crippen LogP contribution is 2.24. The van der Waals surface area contributed by atoms with Gasteiger partial charge in [0.25, 0.3) is 0 Å². The summed E-state index contributed by atoms with van der Waals surface area (Å²) in [6, 6.07) is 7.94. The second kappa shape index (κ2) is 6.75. The lowest BCUT2D eigenvalue weighted by Crippen LogP contribution is -2.08. The van der Waals surface area contributed by atoms with E-state index in [9.17, 15) is 4.79 Å². The summed E-state index contributed by atoms with van der Waals surface area (Å²) in [7, 11) is 0. The largest absolute Gasteiger partial charge is 0.466 e. The van der Waals surface area contributed by atoms with Gasteiger partial charge in [-0.3, -0.25) is 4.79 Å². The number of hydrogen-bond acceptors (Lipinski definition) is 3. The van der Waals surface area contributed by atoms with Gasteiger partial charge >= 0.3 is 5.97 Å². The quantitative estimate of drug-likeness (QED) is 0.603. The number of aromatic nitrogens is 2. The van der Waals surface area contributed by atoms with Crippen LogP contribution in [0, 0.1) is 0 Å². The lowest BCUT2D eigenvalue weighted by Gasteiger charge is -2.10. The van der Waals surface area contributed by atoms with Gasteiger partial charge in [0.2, 0.25) is 0 Å². The first kappa shape index (κ1) is 14.9. The third-order valence-corrected chi connectivity index (χ3v) is 3.30. The Morgan fingerprint density at radius 2 is 2.20 bits per heavy atom. The van der Waals surface area contributed by atoms with Crippen LogP contribution in [0.15, 0.2) is 24.3 Å². The normalized spacial score (nSPS) is 12.6. The van der Waals surface area contributed by atoms with Gasteiger partial charge < -0.3 is 9.30 Å². The Morgan fingerprint density at radius 3 is 2.90 bits per heavy atom. The van der Waals surface area contributed by atoms with Crippen molar-refractivity contribution in [2.24, 2.45) is 0 Å². The summed E-state index contributed by atoms with van der Waals surface area (Å²) in [6.45, 7) is 4.86. The summed E-state index contributed by atoms with van der Waals surface area (Å²) in [5, 5.41) is -0.162. The fraction of sp³-hybridized carbons (Fsp3) is 0.467. The summed E-state index contributed by atoms with van der Waals surface area (Å²) in [5.41, 5.74) is 1.99. The zero-order valence-electron chi connectivity index (χ0n) is 11.8. The van der Waals surface area contributed by atoms with Crippen molar-refractivity contribution in [3.8, 4) is 0 Å². The molecule has 0 aliphatic carbocycles. The van der Waals surface area contributed by atoms with Crippen molar-refractivity contribution in [1.82, 2.24) is 9.55 Å². The van der Waals surface area contributed by atoms with Crippen LogP contribution in [0.25, 0.3) is 11.0 Å². The third-order valence-electron chi connectivity index (χ3n) is 3.11. The van der Waals surface area contributed by atoms with E-state index in [0.717, 1.165) is 23.3 Å². The molecule has 1 aromatic heterocycles. The van der Waals surface area contributed by atoms with Crippen LogP contribution in [0.4, 0.5) is 0 Å². The predicted molar refractivity (Wildman–Crippen MR) is 79.9 cm³/mol. The van der Waals surface area contributed by atoms with Gasteiger partial charge in [-0.1, -0.05) is 12.1 Å². The minimum Gasteiger partial charge on any atom is -0.466 e. The molecule has 0 N–H and O–H groups in total. The van der Waals surface area contributed by atoms with E-state index in [1.807, 2.05) is 38.1 Å². The van der Waals surface area contributed by atoms with Gasteiger partial charge in [0.05, 0.1) is 23.0 Å². The van der Waals surface area contributed by atoms with Crippen molar-refractivity contribution in [3.63, 3.8) is 0 Å². The average Bonchev–Trinajstić information content (AvgIpc) is 2.78. The summed E-state index contributed by atoms with van der Waals surface area (Å²) in [5.74, 6) is 0.689. The molecule has 0 radical (unpaired) electrons. The molecule has 1 heterocycles. The molecule has 0 bridgehead atoms. The number of alkyl halides is 1. The van der Waals surface area contributed by atoms with Gasteiger partial charge in [-0.25, -0.2) is 4.98 Å². The maximum absolute atomic E-state index is 11.4. The van der Waals surface area contributed by atoms with E-state index in [1.54, 1.807) is 0 Å². The van der Waals surface area contributed by atoms with Crippen molar-refractivity contribution in [1.29, 1.82) is 0 Å². The number of hydrogen-bond donors (Lipinski definition) is 0. The van der Waals surface area contributed by atoms with Gasteiger partial charge in [-0.15, -0.1) is 11.6 Å². The lowest BCUT2D eigenvalue weighted by molar-refractivity contribution is -0.143. The van der Waals surface area contributed by atoms with Crippen LogP contribution in [-0.2, 0) is 16.1 Å². The Balaban J connectivity index is 2.15. The van der Waals surface area contributed by atoms with E-state index in [-0.39, 0.29) is 11.3 Å². The van der Waals surface area contributed by atoms with E-state index in [0.29, 0.717) is 19.6 Å². The maximum Gasteiger partial charge on any atom is 0.305 e. The standard InChI is InChI=1S/C15H19ClN2O2/c1-3-20-14(19)9-6-10-18-13-8-5-4-7-12(13)17-15(18)11(2)16/h4-5,7-8,11H,3,6,9-10H2,1-2H3. The topological polar surface area (TPSA) is 44.1 Å². The predicted octanol–water partition coefficient (Wildman–Crippen LogP) is 3.68. The van der Waals surface area contributed by atoms with Crippen LogP contribution in [0.2, 0.25) is 0 Å². The number of carbonyl (C=O) groups excluding carboxylic acids is 1. The molecule has 0 amide bonds. The van der Waals surface area contributed by atoms with Crippen molar-refractivity contribution in [3.05, 3.63) is 30.1 Å². The first-order chi connectivity index (χ1) is 9.63. The highest BCUT2D eigenvalue weighted by atomic mass is 35.5. The fourth-order valence-corrected chi connectivity index (χ4v) is 2.41.